The fraction of sp³-hybridized carbons (Fsp3) is 0.467. The average Bonchev–Trinajstić information content (AvgIpc) is 2.45. The molecule has 0 amide bonds. The first-order valence-electron chi connectivity index (χ1n) is 7.03. The zero-order chi connectivity index (χ0) is 13.1. The molecule has 4 nitrogen and oxygen atoms in total. The maximum absolute atomic E-state index is 6.03. The Bertz CT molecular complexity index is 549. The van der Waals surface area contributed by atoms with Crippen LogP contribution in [0, 0.1) is 5.92 Å². The maximum Gasteiger partial charge on any atom is 0.156 e. The van der Waals surface area contributed by atoms with Crippen molar-refractivity contribution in [3.63, 3.8) is 0 Å². The molecule has 3 rings (SSSR count). The molecule has 0 aliphatic heterocycles. The van der Waals surface area contributed by atoms with Gasteiger partial charge >= 0.3 is 0 Å². The molecule has 3 N–H and O–H groups in total. The third-order valence-corrected chi connectivity index (χ3v) is 3.95. The van der Waals surface area contributed by atoms with Crippen molar-refractivity contribution in [3.8, 4) is 0 Å². The van der Waals surface area contributed by atoms with Crippen LogP contribution in [0.25, 0.3) is 10.8 Å². The van der Waals surface area contributed by atoms with Crippen molar-refractivity contribution in [2.75, 3.05) is 11.9 Å². The van der Waals surface area contributed by atoms with Crippen LogP contribution >= 0.6 is 0 Å². The number of benzene rings is 1. The van der Waals surface area contributed by atoms with Crippen molar-refractivity contribution in [3.05, 3.63) is 30.5 Å². The van der Waals surface area contributed by atoms with E-state index in [4.69, 9.17) is 5.73 Å². The van der Waals surface area contributed by atoms with Gasteiger partial charge in [0.1, 0.15) is 0 Å². The molecule has 4 heteroatoms. The molecule has 1 aliphatic rings. The van der Waals surface area contributed by atoms with Gasteiger partial charge < -0.3 is 11.1 Å². The van der Waals surface area contributed by atoms with Crippen LogP contribution in [0.2, 0.25) is 0 Å². The van der Waals surface area contributed by atoms with E-state index in [0.29, 0.717) is 12.0 Å². The SMILES string of the molecule is NC1CCCC(CNc2nncc3ccccc23)C1. The lowest BCUT2D eigenvalue weighted by Gasteiger charge is -2.26. The second-order valence-corrected chi connectivity index (χ2v) is 5.45. The second kappa shape index (κ2) is 5.53. The molecule has 1 saturated carbocycles. The van der Waals surface area contributed by atoms with E-state index in [1.165, 1.54) is 19.3 Å². The average molecular weight is 256 g/mol. The third kappa shape index (κ3) is 2.84. The number of hydrogen-bond acceptors (Lipinski definition) is 4. The number of nitrogens with one attached hydrogen (secondary N) is 1. The Labute approximate surface area is 113 Å². The van der Waals surface area contributed by atoms with Crippen molar-refractivity contribution in [1.82, 2.24) is 10.2 Å². The van der Waals surface area contributed by atoms with Crippen molar-refractivity contribution in [2.24, 2.45) is 11.7 Å². The molecule has 2 aromatic rings. The summed E-state index contributed by atoms with van der Waals surface area (Å²) >= 11 is 0. The fourth-order valence-electron chi connectivity index (χ4n) is 2.92. The Morgan fingerprint density at radius 3 is 3.05 bits per heavy atom. The summed E-state index contributed by atoms with van der Waals surface area (Å²) in [5.74, 6) is 1.54. The summed E-state index contributed by atoms with van der Waals surface area (Å²) in [6.45, 7) is 0.941. The minimum atomic E-state index is 0.374. The summed E-state index contributed by atoms with van der Waals surface area (Å²) in [6, 6.07) is 8.57. The van der Waals surface area contributed by atoms with Gasteiger partial charge in [-0.15, -0.1) is 5.10 Å². The second-order valence-electron chi connectivity index (χ2n) is 5.45. The van der Waals surface area contributed by atoms with Crippen LogP contribution in [-0.2, 0) is 0 Å². The normalized spacial score (nSPS) is 23.4. The monoisotopic (exact) mass is 256 g/mol. The van der Waals surface area contributed by atoms with Crippen LogP contribution in [0.5, 0.6) is 0 Å². The lowest BCUT2D eigenvalue weighted by molar-refractivity contribution is 0.335. The smallest absolute Gasteiger partial charge is 0.156 e. The Morgan fingerprint density at radius 2 is 2.16 bits per heavy atom. The van der Waals surface area contributed by atoms with Crippen molar-refractivity contribution in [2.45, 2.75) is 31.7 Å². The minimum absolute atomic E-state index is 0.374. The molecule has 1 aromatic carbocycles. The van der Waals surface area contributed by atoms with E-state index >= 15 is 0 Å². The largest absolute Gasteiger partial charge is 0.368 e. The van der Waals surface area contributed by atoms with E-state index in [1.54, 1.807) is 6.20 Å². The van der Waals surface area contributed by atoms with Crippen LogP contribution in [0.15, 0.2) is 30.5 Å². The molecule has 19 heavy (non-hydrogen) atoms. The Balaban J connectivity index is 1.71. The van der Waals surface area contributed by atoms with Crippen molar-refractivity contribution >= 4 is 16.6 Å². The first kappa shape index (κ1) is 12.4. The molecule has 0 radical (unpaired) electrons. The van der Waals surface area contributed by atoms with Gasteiger partial charge in [0.25, 0.3) is 0 Å². The predicted octanol–water partition coefficient (Wildman–Crippen LogP) is 2.56. The van der Waals surface area contributed by atoms with Gasteiger partial charge in [0.2, 0.25) is 0 Å². The van der Waals surface area contributed by atoms with Crippen LogP contribution in [0.3, 0.4) is 0 Å². The number of nitrogens with zero attached hydrogens (tertiary/aromatic N) is 2. The molecule has 1 fully saturated rings. The van der Waals surface area contributed by atoms with Crippen molar-refractivity contribution < 1.29 is 0 Å². The van der Waals surface area contributed by atoms with Crippen molar-refractivity contribution in [1.29, 1.82) is 0 Å². The van der Waals surface area contributed by atoms with Crippen LogP contribution < -0.4 is 11.1 Å². The van der Waals surface area contributed by atoms with Gasteiger partial charge in [0.15, 0.2) is 5.82 Å². The highest BCUT2D eigenvalue weighted by Gasteiger charge is 2.19. The summed E-state index contributed by atoms with van der Waals surface area (Å²) in [5, 5.41) is 14.0. The summed E-state index contributed by atoms with van der Waals surface area (Å²) in [7, 11) is 0. The number of rotatable bonds is 3. The van der Waals surface area contributed by atoms with Gasteiger partial charge in [-0.05, 0) is 25.2 Å². The summed E-state index contributed by atoms with van der Waals surface area (Å²) in [4.78, 5) is 0. The summed E-state index contributed by atoms with van der Waals surface area (Å²) < 4.78 is 0. The molecule has 1 aromatic heterocycles. The van der Waals surface area contributed by atoms with Crippen LogP contribution in [0.4, 0.5) is 5.82 Å². The molecule has 2 unspecified atom stereocenters. The van der Waals surface area contributed by atoms with Gasteiger partial charge in [-0.1, -0.05) is 30.7 Å². The number of aromatic nitrogens is 2. The van der Waals surface area contributed by atoms with Crippen LogP contribution in [-0.4, -0.2) is 22.8 Å². The molecule has 0 bridgehead atoms. The number of nitrogens with two attached hydrogens (primary N) is 1. The van der Waals surface area contributed by atoms with Gasteiger partial charge in [-0.25, -0.2) is 0 Å². The topological polar surface area (TPSA) is 63.8 Å². The Morgan fingerprint density at radius 1 is 1.26 bits per heavy atom. The maximum atomic E-state index is 6.03. The van der Waals surface area contributed by atoms with E-state index in [0.717, 1.165) is 29.6 Å². The molecule has 1 heterocycles. The number of fused-ring (bicyclic) bond motifs is 1. The number of anilines is 1. The van der Waals surface area contributed by atoms with E-state index < -0.39 is 0 Å². The first-order valence-corrected chi connectivity index (χ1v) is 7.03. The first-order chi connectivity index (χ1) is 9.33. The highest BCUT2D eigenvalue weighted by Crippen LogP contribution is 2.25. The van der Waals surface area contributed by atoms with Gasteiger partial charge in [0.05, 0.1) is 6.20 Å². The van der Waals surface area contributed by atoms with E-state index in [-0.39, 0.29) is 0 Å². The molecule has 100 valence electrons. The van der Waals surface area contributed by atoms with Crippen LogP contribution in [0.1, 0.15) is 25.7 Å². The molecular formula is C15H20N4. The Hall–Kier alpha value is -1.68. The molecule has 0 spiro atoms. The molecule has 1 aliphatic carbocycles. The summed E-state index contributed by atoms with van der Waals surface area (Å²) in [5.41, 5.74) is 6.03. The van der Waals surface area contributed by atoms with E-state index in [1.807, 2.05) is 12.1 Å². The summed E-state index contributed by atoms with van der Waals surface area (Å²) in [6.07, 6.45) is 6.60. The van der Waals surface area contributed by atoms with E-state index in [2.05, 4.69) is 27.6 Å². The molecular weight excluding hydrogens is 236 g/mol. The van der Waals surface area contributed by atoms with Gasteiger partial charge in [0, 0.05) is 23.4 Å². The standard InChI is InChI=1S/C15H20N4/c16-13-6-3-4-11(8-13)9-17-15-14-7-2-1-5-12(14)10-18-19-15/h1-2,5,7,10-11,13H,3-4,6,8-9,16H2,(H,17,19). The zero-order valence-corrected chi connectivity index (χ0v) is 11.0. The molecule has 2 atom stereocenters. The lowest BCUT2D eigenvalue weighted by atomic mass is 9.86. The fourth-order valence-corrected chi connectivity index (χ4v) is 2.92. The quantitative estimate of drug-likeness (QED) is 0.886. The van der Waals surface area contributed by atoms with Gasteiger partial charge in [-0.3, -0.25) is 0 Å². The highest BCUT2D eigenvalue weighted by molar-refractivity contribution is 5.90. The minimum Gasteiger partial charge on any atom is -0.368 e. The van der Waals surface area contributed by atoms with E-state index in [9.17, 15) is 0 Å². The third-order valence-electron chi connectivity index (χ3n) is 3.95. The zero-order valence-electron chi connectivity index (χ0n) is 11.0. The lowest BCUT2D eigenvalue weighted by Crippen LogP contribution is -2.31. The molecule has 0 saturated heterocycles. The highest BCUT2D eigenvalue weighted by atomic mass is 15.2. The number of hydrogen-bond donors (Lipinski definition) is 2. The predicted molar refractivity (Wildman–Crippen MR) is 78.0 cm³/mol. The van der Waals surface area contributed by atoms with Gasteiger partial charge in [-0.2, -0.15) is 5.10 Å². The Kier molecular flexibility index (Phi) is 3.60.